The van der Waals surface area contributed by atoms with Gasteiger partial charge in [0.15, 0.2) is 0 Å². The topological polar surface area (TPSA) is 87.0 Å². The van der Waals surface area contributed by atoms with Crippen molar-refractivity contribution in [2.75, 3.05) is 7.11 Å². The fourth-order valence-electron chi connectivity index (χ4n) is 2.03. The van der Waals surface area contributed by atoms with Gasteiger partial charge in [-0.05, 0) is 25.7 Å². The molecule has 0 aromatic rings. The molecule has 0 aliphatic heterocycles. The lowest BCUT2D eigenvalue weighted by Gasteiger charge is -2.11. The summed E-state index contributed by atoms with van der Waals surface area (Å²) in [7, 11) is 1.34. The number of hydrogen-bond donors (Lipinski definition) is 3. The van der Waals surface area contributed by atoms with Crippen molar-refractivity contribution in [1.29, 1.82) is 0 Å². The van der Waals surface area contributed by atoms with E-state index in [-0.39, 0.29) is 5.97 Å². The van der Waals surface area contributed by atoms with E-state index in [9.17, 15) is 20.1 Å². The Morgan fingerprint density at radius 3 is 2.11 bits per heavy atom. The number of aliphatic hydroxyl groups is 3. The maximum atomic E-state index is 10.9. The highest BCUT2D eigenvalue weighted by atomic mass is 16.5. The van der Waals surface area contributed by atoms with E-state index in [1.54, 1.807) is 42.5 Å². The molecule has 0 aliphatic rings. The molecule has 0 amide bonds. The number of aliphatic hydroxyl groups excluding tert-OH is 3. The Labute approximate surface area is 168 Å². The Hall–Kier alpha value is -2.21. The van der Waals surface area contributed by atoms with Gasteiger partial charge in [0, 0.05) is 6.42 Å². The van der Waals surface area contributed by atoms with Crippen molar-refractivity contribution >= 4 is 5.97 Å². The summed E-state index contributed by atoms with van der Waals surface area (Å²) in [5, 5.41) is 29.4. The van der Waals surface area contributed by atoms with Crippen LogP contribution in [-0.2, 0) is 9.53 Å². The second kappa shape index (κ2) is 18.2. The van der Waals surface area contributed by atoms with Crippen LogP contribution in [0.2, 0.25) is 0 Å². The van der Waals surface area contributed by atoms with Crippen LogP contribution in [0.3, 0.4) is 0 Å². The Morgan fingerprint density at radius 1 is 0.857 bits per heavy atom. The number of ether oxygens (including phenoxy) is 1. The normalized spacial score (nSPS) is 16.3. The monoisotopic (exact) mass is 390 g/mol. The molecule has 0 aromatic heterocycles. The van der Waals surface area contributed by atoms with Crippen molar-refractivity contribution in [2.24, 2.45) is 0 Å². The molecule has 28 heavy (non-hydrogen) atoms. The second-order valence-electron chi connectivity index (χ2n) is 6.10. The molecule has 0 fully saturated rings. The minimum absolute atomic E-state index is 0.273. The number of rotatable bonds is 14. The van der Waals surface area contributed by atoms with Gasteiger partial charge in [0.2, 0.25) is 0 Å². The maximum absolute atomic E-state index is 10.9. The number of carbonyl (C=O) groups is 1. The van der Waals surface area contributed by atoms with Crippen LogP contribution in [0.15, 0.2) is 72.9 Å². The van der Waals surface area contributed by atoms with E-state index in [1.165, 1.54) is 13.2 Å². The zero-order valence-corrected chi connectivity index (χ0v) is 16.9. The van der Waals surface area contributed by atoms with Crippen LogP contribution in [0.25, 0.3) is 0 Å². The summed E-state index contributed by atoms with van der Waals surface area (Å²) in [4.78, 5) is 10.9. The van der Waals surface area contributed by atoms with Crippen LogP contribution in [-0.4, -0.2) is 46.7 Å². The van der Waals surface area contributed by atoms with Crippen LogP contribution in [0.4, 0.5) is 0 Å². The molecule has 0 heterocycles. The van der Waals surface area contributed by atoms with Crippen molar-refractivity contribution in [3.8, 4) is 0 Å². The third kappa shape index (κ3) is 16.0. The summed E-state index contributed by atoms with van der Waals surface area (Å²) in [6.45, 7) is 2.05. The lowest BCUT2D eigenvalue weighted by molar-refractivity contribution is -0.140. The molecule has 3 atom stereocenters. The van der Waals surface area contributed by atoms with Gasteiger partial charge in [-0.25, -0.2) is 0 Å². The van der Waals surface area contributed by atoms with E-state index in [4.69, 9.17) is 0 Å². The SMILES string of the molecule is CC/C=C\CC(O)\C=C/C=C\C=C/C=C\C(O)C(O)C/C=C\CCC(=O)OC. The molecule has 0 aromatic carbocycles. The lowest BCUT2D eigenvalue weighted by Crippen LogP contribution is -2.22. The largest absolute Gasteiger partial charge is 0.469 e. The average Bonchev–Trinajstić information content (AvgIpc) is 2.69. The lowest BCUT2D eigenvalue weighted by atomic mass is 10.1. The quantitative estimate of drug-likeness (QED) is 0.240. The molecule has 156 valence electrons. The molecule has 3 unspecified atom stereocenters. The fraction of sp³-hybridized carbons (Fsp3) is 0.435. The van der Waals surface area contributed by atoms with Gasteiger partial charge >= 0.3 is 5.97 Å². The first-order valence-corrected chi connectivity index (χ1v) is 9.60. The van der Waals surface area contributed by atoms with Crippen LogP contribution >= 0.6 is 0 Å². The molecule has 3 N–H and O–H groups in total. The summed E-state index contributed by atoms with van der Waals surface area (Å²) in [5.41, 5.74) is 0. The summed E-state index contributed by atoms with van der Waals surface area (Å²) in [6.07, 6.45) is 21.7. The van der Waals surface area contributed by atoms with Crippen molar-refractivity contribution in [3.05, 3.63) is 72.9 Å². The summed E-state index contributed by atoms with van der Waals surface area (Å²) < 4.78 is 4.53. The number of carbonyl (C=O) groups excluding carboxylic acids is 1. The average molecular weight is 391 g/mol. The van der Waals surface area contributed by atoms with Gasteiger partial charge in [-0.3, -0.25) is 4.79 Å². The van der Waals surface area contributed by atoms with Crippen LogP contribution in [0.5, 0.6) is 0 Å². The maximum Gasteiger partial charge on any atom is 0.305 e. The zero-order chi connectivity index (χ0) is 21.0. The van der Waals surface area contributed by atoms with E-state index in [0.29, 0.717) is 25.7 Å². The molecule has 0 spiro atoms. The standard InChI is InChI=1S/C23H34O5/c1-3-4-10-15-20(24)16-11-7-5-6-8-12-17-21(25)22(26)18-13-9-14-19-23(27)28-2/h4-13,16-17,20-22,24-26H,3,14-15,18-19H2,1-2H3/b7-5-,8-6-,10-4-,13-9-,16-11-,17-12-. The molecule has 0 aliphatic carbocycles. The number of methoxy groups -OCH3 is 1. The van der Waals surface area contributed by atoms with Crippen LogP contribution < -0.4 is 0 Å². The molecule has 0 radical (unpaired) electrons. The van der Waals surface area contributed by atoms with E-state index >= 15 is 0 Å². The van der Waals surface area contributed by atoms with Gasteiger partial charge in [0.1, 0.15) is 0 Å². The molecule has 5 nitrogen and oxygen atoms in total. The van der Waals surface area contributed by atoms with E-state index < -0.39 is 18.3 Å². The Balaban J connectivity index is 4.06. The molecule has 0 rings (SSSR count). The van der Waals surface area contributed by atoms with Crippen molar-refractivity contribution in [3.63, 3.8) is 0 Å². The Bertz CT molecular complexity index is 570. The second-order valence-corrected chi connectivity index (χ2v) is 6.10. The summed E-state index contributed by atoms with van der Waals surface area (Å²) in [5.74, 6) is -0.273. The van der Waals surface area contributed by atoms with Gasteiger partial charge in [-0.1, -0.05) is 79.8 Å². The summed E-state index contributed by atoms with van der Waals surface area (Å²) in [6, 6.07) is 0. The number of allylic oxidation sites excluding steroid dienone is 8. The van der Waals surface area contributed by atoms with Gasteiger partial charge < -0.3 is 20.1 Å². The molecular weight excluding hydrogens is 356 g/mol. The van der Waals surface area contributed by atoms with Crippen molar-refractivity contribution in [2.45, 2.75) is 57.3 Å². The summed E-state index contributed by atoms with van der Waals surface area (Å²) >= 11 is 0. The first-order valence-electron chi connectivity index (χ1n) is 9.60. The van der Waals surface area contributed by atoms with E-state index in [0.717, 1.165) is 6.42 Å². The van der Waals surface area contributed by atoms with Gasteiger partial charge in [0.05, 0.1) is 25.4 Å². The van der Waals surface area contributed by atoms with Gasteiger partial charge in [0.25, 0.3) is 0 Å². The Morgan fingerprint density at radius 2 is 1.46 bits per heavy atom. The Kier molecular flexibility index (Phi) is 16.7. The molecule has 0 saturated carbocycles. The van der Waals surface area contributed by atoms with Crippen molar-refractivity contribution in [1.82, 2.24) is 0 Å². The molecule has 5 heteroatoms. The number of hydrogen-bond acceptors (Lipinski definition) is 5. The van der Waals surface area contributed by atoms with Crippen molar-refractivity contribution < 1.29 is 24.9 Å². The predicted octanol–water partition coefficient (Wildman–Crippen LogP) is 3.55. The molecular formula is C23H34O5. The third-order valence-electron chi connectivity index (χ3n) is 3.66. The highest BCUT2D eigenvalue weighted by molar-refractivity contribution is 5.69. The molecule has 0 saturated heterocycles. The highest BCUT2D eigenvalue weighted by Gasteiger charge is 2.10. The van der Waals surface area contributed by atoms with E-state index in [2.05, 4.69) is 11.7 Å². The highest BCUT2D eigenvalue weighted by Crippen LogP contribution is 2.04. The van der Waals surface area contributed by atoms with Crippen LogP contribution in [0.1, 0.15) is 39.0 Å². The smallest absolute Gasteiger partial charge is 0.305 e. The number of esters is 1. The van der Waals surface area contributed by atoms with E-state index in [1.807, 2.05) is 24.3 Å². The van der Waals surface area contributed by atoms with Crippen LogP contribution in [0, 0.1) is 0 Å². The predicted molar refractivity (Wildman–Crippen MR) is 114 cm³/mol. The first kappa shape index (κ1) is 25.8. The van der Waals surface area contributed by atoms with Gasteiger partial charge in [-0.15, -0.1) is 0 Å². The minimum Gasteiger partial charge on any atom is -0.469 e. The fourth-order valence-corrected chi connectivity index (χ4v) is 2.03. The zero-order valence-electron chi connectivity index (χ0n) is 16.9. The minimum atomic E-state index is -0.967. The third-order valence-corrected chi connectivity index (χ3v) is 3.66. The van der Waals surface area contributed by atoms with Gasteiger partial charge in [-0.2, -0.15) is 0 Å². The first-order chi connectivity index (χ1) is 13.5. The molecule has 0 bridgehead atoms.